The Bertz CT molecular complexity index is 523. The number of ketones is 1. The van der Waals surface area contributed by atoms with Gasteiger partial charge in [-0.3, -0.25) is 4.79 Å². The van der Waals surface area contributed by atoms with Crippen LogP contribution in [0.5, 0.6) is 5.75 Å². The Morgan fingerprint density at radius 1 is 1.10 bits per heavy atom. The van der Waals surface area contributed by atoms with E-state index in [9.17, 15) is 9.90 Å². The fourth-order valence-electron chi connectivity index (χ4n) is 2.13. The molecular formula is C18H25BrO2. The van der Waals surface area contributed by atoms with E-state index in [4.69, 9.17) is 0 Å². The molecule has 0 saturated heterocycles. The third-order valence-corrected chi connectivity index (χ3v) is 3.89. The summed E-state index contributed by atoms with van der Waals surface area (Å²) < 4.78 is 0. The second-order valence-electron chi connectivity index (χ2n) is 7.40. The maximum Gasteiger partial charge on any atom is 0.166 e. The normalized spacial score (nSPS) is 12.9. The first-order chi connectivity index (χ1) is 9.46. The molecule has 0 aliphatic heterocycles. The lowest BCUT2D eigenvalue weighted by Crippen LogP contribution is -2.17. The fourth-order valence-corrected chi connectivity index (χ4v) is 2.32. The monoisotopic (exact) mass is 352 g/mol. The van der Waals surface area contributed by atoms with Crippen molar-refractivity contribution in [2.45, 2.75) is 52.4 Å². The van der Waals surface area contributed by atoms with Gasteiger partial charge in [0.15, 0.2) is 5.78 Å². The molecule has 1 aromatic rings. The van der Waals surface area contributed by atoms with Crippen molar-refractivity contribution >= 4 is 27.8 Å². The number of phenolic OH excluding ortho intramolecular Hbond substituents is 1. The minimum atomic E-state index is -0.159. The third-order valence-electron chi connectivity index (χ3n) is 3.34. The van der Waals surface area contributed by atoms with Gasteiger partial charge < -0.3 is 5.11 Å². The van der Waals surface area contributed by atoms with Crippen LogP contribution in [0.2, 0.25) is 0 Å². The fraction of sp³-hybridized carbons (Fsp3) is 0.500. The number of hydrogen-bond acceptors (Lipinski definition) is 2. The zero-order valence-electron chi connectivity index (χ0n) is 13.7. The molecule has 0 amide bonds. The highest BCUT2D eigenvalue weighted by atomic mass is 79.9. The van der Waals surface area contributed by atoms with E-state index in [-0.39, 0.29) is 16.6 Å². The Hall–Kier alpha value is -1.09. The molecule has 3 heteroatoms. The predicted molar refractivity (Wildman–Crippen MR) is 93.3 cm³/mol. The summed E-state index contributed by atoms with van der Waals surface area (Å²) in [5, 5.41) is 10.9. The lowest BCUT2D eigenvalue weighted by molar-refractivity contribution is -0.112. The quantitative estimate of drug-likeness (QED) is 0.616. The molecular weight excluding hydrogens is 328 g/mol. The van der Waals surface area contributed by atoms with E-state index in [0.717, 1.165) is 16.7 Å². The Labute approximate surface area is 136 Å². The number of rotatable bonds is 3. The second-order valence-corrected chi connectivity index (χ2v) is 7.96. The molecule has 0 spiro atoms. The summed E-state index contributed by atoms with van der Waals surface area (Å²) in [6, 6.07) is 3.92. The molecule has 116 valence electrons. The lowest BCUT2D eigenvalue weighted by atomic mass is 9.78. The minimum absolute atomic E-state index is 0.0256. The highest BCUT2D eigenvalue weighted by Gasteiger charge is 2.26. The van der Waals surface area contributed by atoms with Crippen LogP contribution in [0.3, 0.4) is 0 Å². The van der Waals surface area contributed by atoms with E-state index in [1.54, 1.807) is 6.08 Å². The highest BCUT2D eigenvalue weighted by molar-refractivity contribution is 9.09. The molecule has 0 aliphatic rings. The lowest BCUT2D eigenvalue weighted by Gasteiger charge is -2.27. The number of hydrogen-bond donors (Lipinski definition) is 1. The predicted octanol–water partition coefficient (Wildman–Crippen LogP) is 4.96. The third kappa shape index (κ3) is 4.70. The van der Waals surface area contributed by atoms with Crippen LogP contribution < -0.4 is 0 Å². The van der Waals surface area contributed by atoms with Crippen molar-refractivity contribution in [1.82, 2.24) is 0 Å². The van der Waals surface area contributed by atoms with Crippen LogP contribution in [-0.4, -0.2) is 16.2 Å². The van der Waals surface area contributed by atoms with Crippen molar-refractivity contribution in [1.29, 1.82) is 0 Å². The number of carbonyl (C=O) groups is 1. The molecule has 0 aromatic heterocycles. The Morgan fingerprint density at radius 3 is 1.86 bits per heavy atom. The standard InChI is InChI=1S/C18H25BrO2/c1-17(2,3)14-9-12(7-8-13(20)11-19)10-15(16(14)21)18(4,5)6/h7-10,21H,11H2,1-6H3/b8-7+. The van der Waals surface area contributed by atoms with Gasteiger partial charge in [-0.15, -0.1) is 0 Å². The van der Waals surface area contributed by atoms with Gasteiger partial charge in [0.25, 0.3) is 0 Å². The largest absolute Gasteiger partial charge is 0.507 e. The summed E-state index contributed by atoms with van der Waals surface area (Å²) in [6.45, 7) is 12.5. The SMILES string of the molecule is CC(C)(C)c1cc(/C=C/C(=O)CBr)cc(C(C)(C)C)c1O. The van der Waals surface area contributed by atoms with Gasteiger partial charge in [-0.05, 0) is 34.6 Å². The molecule has 0 heterocycles. The first kappa shape index (κ1) is 18.0. The number of alkyl halides is 1. The van der Waals surface area contributed by atoms with Crippen molar-refractivity contribution in [3.63, 3.8) is 0 Å². The first-order valence-corrected chi connectivity index (χ1v) is 8.24. The van der Waals surface area contributed by atoms with Gasteiger partial charge in [-0.1, -0.05) is 63.5 Å². The average molecular weight is 353 g/mol. The number of phenols is 1. The molecule has 0 fully saturated rings. The van der Waals surface area contributed by atoms with Crippen molar-refractivity contribution in [2.24, 2.45) is 0 Å². The molecule has 0 bridgehead atoms. The van der Waals surface area contributed by atoms with E-state index in [0.29, 0.717) is 11.1 Å². The van der Waals surface area contributed by atoms with E-state index in [1.165, 1.54) is 0 Å². The number of allylic oxidation sites excluding steroid dienone is 1. The van der Waals surface area contributed by atoms with E-state index in [2.05, 4.69) is 57.5 Å². The molecule has 0 atom stereocenters. The molecule has 0 aliphatic carbocycles. The number of aromatic hydroxyl groups is 1. The molecule has 0 radical (unpaired) electrons. The van der Waals surface area contributed by atoms with Crippen LogP contribution >= 0.6 is 15.9 Å². The number of carbonyl (C=O) groups excluding carboxylic acids is 1. The summed E-state index contributed by atoms with van der Waals surface area (Å²) in [5.41, 5.74) is 2.43. The van der Waals surface area contributed by atoms with Crippen molar-refractivity contribution in [2.75, 3.05) is 5.33 Å². The molecule has 1 aromatic carbocycles. The topological polar surface area (TPSA) is 37.3 Å². The van der Waals surface area contributed by atoms with Crippen LogP contribution in [0.25, 0.3) is 6.08 Å². The van der Waals surface area contributed by atoms with Gasteiger partial charge in [0.2, 0.25) is 0 Å². The smallest absolute Gasteiger partial charge is 0.166 e. The van der Waals surface area contributed by atoms with Crippen LogP contribution in [0.15, 0.2) is 18.2 Å². The first-order valence-electron chi connectivity index (χ1n) is 7.11. The maximum atomic E-state index is 11.4. The maximum absolute atomic E-state index is 11.4. The van der Waals surface area contributed by atoms with E-state index >= 15 is 0 Å². The zero-order chi connectivity index (χ0) is 16.4. The molecule has 21 heavy (non-hydrogen) atoms. The second kappa shape index (κ2) is 6.35. The highest BCUT2D eigenvalue weighted by Crippen LogP contribution is 2.39. The van der Waals surface area contributed by atoms with Crippen molar-refractivity contribution < 1.29 is 9.90 Å². The summed E-state index contributed by atoms with van der Waals surface area (Å²) in [7, 11) is 0. The minimum Gasteiger partial charge on any atom is -0.507 e. The molecule has 1 rings (SSSR count). The summed E-state index contributed by atoms with van der Waals surface area (Å²) in [6.07, 6.45) is 3.38. The van der Waals surface area contributed by atoms with Crippen LogP contribution in [0.1, 0.15) is 58.2 Å². The van der Waals surface area contributed by atoms with Gasteiger partial charge >= 0.3 is 0 Å². The van der Waals surface area contributed by atoms with E-state index in [1.807, 2.05) is 18.2 Å². The van der Waals surface area contributed by atoms with Crippen LogP contribution in [0, 0.1) is 0 Å². The Balaban J connectivity index is 3.48. The summed E-state index contributed by atoms with van der Waals surface area (Å²) in [4.78, 5) is 11.4. The zero-order valence-corrected chi connectivity index (χ0v) is 15.3. The van der Waals surface area contributed by atoms with Crippen molar-refractivity contribution in [3.8, 4) is 5.75 Å². The molecule has 2 nitrogen and oxygen atoms in total. The van der Waals surface area contributed by atoms with Gasteiger partial charge in [0.05, 0.1) is 5.33 Å². The number of benzene rings is 1. The Kier molecular flexibility index (Phi) is 5.43. The van der Waals surface area contributed by atoms with Gasteiger partial charge in [0.1, 0.15) is 5.75 Å². The van der Waals surface area contributed by atoms with Gasteiger partial charge in [-0.2, -0.15) is 0 Å². The van der Waals surface area contributed by atoms with Crippen LogP contribution in [0.4, 0.5) is 0 Å². The summed E-state index contributed by atoms with van der Waals surface area (Å²) in [5.74, 6) is 0.386. The number of halogens is 1. The molecule has 1 N–H and O–H groups in total. The molecule has 0 unspecified atom stereocenters. The summed E-state index contributed by atoms with van der Waals surface area (Å²) >= 11 is 3.15. The van der Waals surface area contributed by atoms with Gasteiger partial charge in [0, 0.05) is 11.1 Å². The van der Waals surface area contributed by atoms with Gasteiger partial charge in [-0.25, -0.2) is 0 Å². The Morgan fingerprint density at radius 2 is 1.52 bits per heavy atom. The van der Waals surface area contributed by atoms with Crippen LogP contribution in [-0.2, 0) is 15.6 Å². The molecule has 0 saturated carbocycles. The van der Waals surface area contributed by atoms with Crippen molar-refractivity contribution in [3.05, 3.63) is 34.9 Å². The van der Waals surface area contributed by atoms with E-state index < -0.39 is 0 Å². The average Bonchev–Trinajstić information content (AvgIpc) is 2.34.